The van der Waals surface area contributed by atoms with Crippen LogP contribution >= 0.6 is 11.8 Å². The summed E-state index contributed by atoms with van der Waals surface area (Å²) in [7, 11) is 3.21. The Morgan fingerprint density at radius 3 is 2.54 bits per heavy atom. The highest BCUT2D eigenvalue weighted by molar-refractivity contribution is 8.03. The van der Waals surface area contributed by atoms with Crippen molar-refractivity contribution in [1.82, 2.24) is 9.55 Å². The summed E-state index contributed by atoms with van der Waals surface area (Å²) in [6, 6.07) is 16.3. The Hall–Kier alpha value is -3.36. The molecule has 1 heterocycles. The average Bonchev–Trinajstić information content (AvgIpc) is 3.42. The van der Waals surface area contributed by atoms with Gasteiger partial charge in [0.2, 0.25) is 0 Å². The molecule has 7 nitrogen and oxygen atoms in total. The second kappa shape index (κ2) is 11.8. The minimum absolute atomic E-state index is 0.0967. The van der Waals surface area contributed by atoms with Gasteiger partial charge in [0.15, 0.2) is 10.9 Å². The molecule has 1 aliphatic rings. The van der Waals surface area contributed by atoms with Crippen LogP contribution in [0.1, 0.15) is 48.2 Å². The Morgan fingerprint density at radius 1 is 1.16 bits per heavy atom. The molecular weight excluding hydrogens is 488 g/mol. The van der Waals surface area contributed by atoms with Crippen molar-refractivity contribution in [2.45, 2.75) is 37.4 Å². The highest BCUT2D eigenvalue weighted by Crippen LogP contribution is 2.51. The van der Waals surface area contributed by atoms with E-state index in [1.54, 1.807) is 30.5 Å². The lowest BCUT2D eigenvalue weighted by molar-refractivity contribution is -0.124. The zero-order chi connectivity index (χ0) is 26.4. The highest BCUT2D eigenvalue weighted by Gasteiger charge is 2.48. The molecule has 194 valence electrons. The molecule has 2 aromatic carbocycles. The van der Waals surface area contributed by atoms with E-state index in [-0.39, 0.29) is 5.78 Å². The number of rotatable bonds is 11. The molecule has 0 saturated heterocycles. The molecule has 1 aromatic heterocycles. The molecule has 3 atom stereocenters. The summed E-state index contributed by atoms with van der Waals surface area (Å²) in [5, 5.41) is 12.2. The number of hydrogen-bond donors (Lipinski definition) is 1. The summed E-state index contributed by atoms with van der Waals surface area (Å²) < 4.78 is 12.5. The van der Waals surface area contributed by atoms with Crippen LogP contribution < -0.4 is 4.74 Å². The molecule has 0 bridgehead atoms. The summed E-state index contributed by atoms with van der Waals surface area (Å²) in [6.07, 6.45) is 6.88. The van der Waals surface area contributed by atoms with Crippen LogP contribution in [0.3, 0.4) is 0 Å². The Labute approximate surface area is 221 Å². The maximum atomic E-state index is 13.7. The van der Waals surface area contributed by atoms with Gasteiger partial charge in [0.05, 0.1) is 36.2 Å². The number of hydrogen-bond acceptors (Lipinski definition) is 7. The van der Waals surface area contributed by atoms with Crippen LogP contribution in [0, 0.1) is 11.3 Å². The Morgan fingerprint density at radius 2 is 1.89 bits per heavy atom. The SMILES string of the molecule is COC(=O)c1ccc(C(O)C2C(=O)C(Sc3nccn3C)=CC2(C)CCCCOc2ccccc2)cc1. The molecule has 0 amide bonds. The van der Waals surface area contributed by atoms with Crippen LogP contribution in [-0.4, -0.2) is 40.1 Å². The van der Waals surface area contributed by atoms with E-state index < -0.39 is 23.4 Å². The van der Waals surface area contributed by atoms with E-state index in [1.807, 2.05) is 61.1 Å². The zero-order valence-electron chi connectivity index (χ0n) is 21.3. The van der Waals surface area contributed by atoms with E-state index >= 15 is 0 Å². The number of aliphatic hydroxyl groups is 1. The van der Waals surface area contributed by atoms with Crippen molar-refractivity contribution in [2.75, 3.05) is 13.7 Å². The number of para-hydroxylation sites is 1. The largest absolute Gasteiger partial charge is 0.494 e. The second-order valence-corrected chi connectivity index (χ2v) is 10.5. The van der Waals surface area contributed by atoms with E-state index in [4.69, 9.17) is 9.47 Å². The van der Waals surface area contributed by atoms with Gasteiger partial charge in [-0.2, -0.15) is 0 Å². The third-order valence-electron chi connectivity index (χ3n) is 6.79. The van der Waals surface area contributed by atoms with Crippen molar-refractivity contribution in [1.29, 1.82) is 0 Å². The summed E-state index contributed by atoms with van der Waals surface area (Å²) in [6.45, 7) is 2.61. The number of allylic oxidation sites excluding steroid dienone is 2. The number of aryl methyl sites for hydroxylation is 1. The molecule has 3 unspecified atom stereocenters. The fraction of sp³-hybridized carbons (Fsp3) is 0.345. The van der Waals surface area contributed by atoms with Crippen molar-refractivity contribution < 1.29 is 24.2 Å². The molecule has 0 saturated carbocycles. The lowest BCUT2D eigenvalue weighted by atomic mass is 9.71. The topological polar surface area (TPSA) is 90.7 Å². The van der Waals surface area contributed by atoms with Crippen molar-refractivity contribution in [2.24, 2.45) is 18.4 Å². The number of ether oxygens (including phenoxy) is 2. The first-order valence-electron chi connectivity index (χ1n) is 12.3. The number of aromatic nitrogens is 2. The summed E-state index contributed by atoms with van der Waals surface area (Å²) in [4.78, 5) is 30.4. The van der Waals surface area contributed by atoms with Gasteiger partial charge in [0, 0.05) is 19.4 Å². The van der Waals surface area contributed by atoms with E-state index in [0.717, 1.165) is 23.7 Å². The maximum absolute atomic E-state index is 13.7. The van der Waals surface area contributed by atoms with Gasteiger partial charge in [-0.3, -0.25) is 4.79 Å². The predicted molar refractivity (Wildman–Crippen MR) is 142 cm³/mol. The van der Waals surface area contributed by atoms with Gasteiger partial charge in [0.1, 0.15) is 5.75 Å². The number of aliphatic hydroxyl groups excluding tert-OH is 1. The smallest absolute Gasteiger partial charge is 0.337 e. The lowest BCUT2D eigenvalue weighted by Crippen LogP contribution is -2.32. The number of benzene rings is 2. The molecule has 37 heavy (non-hydrogen) atoms. The second-order valence-electron chi connectivity index (χ2n) is 9.46. The lowest BCUT2D eigenvalue weighted by Gasteiger charge is -2.33. The van der Waals surface area contributed by atoms with Crippen molar-refractivity contribution in [3.63, 3.8) is 0 Å². The third-order valence-corrected chi connectivity index (χ3v) is 7.90. The standard InChI is InChI=1S/C29H32N2O5S/c1-29(15-7-8-18-36-22-9-5-4-6-10-22)19-23(37-28-30-16-17-31(28)2)26(33)24(29)25(32)20-11-13-21(14-12-20)27(34)35-3/h4-6,9-14,16-17,19,24-25,32H,7-8,15,18H2,1-3H3. The van der Waals surface area contributed by atoms with Crippen LogP contribution in [0.4, 0.5) is 0 Å². The van der Waals surface area contributed by atoms with Gasteiger partial charge < -0.3 is 19.1 Å². The first-order chi connectivity index (χ1) is 17.8. The average molecular weight is 521 g/mol. The summed E-state index contributed by atoms with van der Waals surface area (Å²) in [5.41, 5.74) is 0.417. The van der Waals surface area contributed by atoms with Crippen LogP contribution in [-0.2, 0) is 16.6 Å². The Kier molecular flexibility index (Phi) is 8.51. The van der Waals surface area contributed by atoms with Crippen LogP contribution in [0.25, 0.3) is 0 Å². The number of thioether (sulfide) groups is 1. The Balaban J connectivity index is 1.51. The number of methoxy groups -OCH3 is 1. The van der Waals surface area contributed by atoms with E-state index in [1.165, 1.54) is 18.9 Å². The molecule has 8 heteroatoms. The third kappa shape index (κ3) is 6.14. The number of carbonyl (C=O) groups is 2. The van der Waals surface area contributed by atoms with E-state index in [2.05, 4.69) is 4.98 Å². The van der Waals surface area contributed by atoms with E-state index in [0.29, 0.717) is 29.1 Å². The quantitative estimate of drug-likeness (QED) is 0.268. The van der Waals surface area contributed by atoms with Crippen molar-refractivity contribution in [3.05, 3.63) is 89.1 Å². The Bertz CT molecular complexity index is 1250. The first kappa shape index (κ1) is 26.7. The number of esters is 1. The molecule has 1 aliphatic carbocycles. The van der Waals surface area contributed by atoms with Gasteiger partial charge in [-0.05, 0) is 66.3 Å². The van der Waals surface area contributed by atoms with Crippen molar-refractivity contribution >= 4 is 23.5 Å². The maximum Gasteiger partial charge on any atom is 0.337 e. The van der Waals surface area contributed by atoms with Crippen LogP contribution in [0.5, 0.6) is 5.75 Å². The summed E-state index contributed by atoms with van der Waals surface area (Å²) >= 11 is 1.33. The van der Waals surface area contributed by atoms with Gasteiger partial charge in [-0.25, -0.2) is 9.78 Å². The van der Waals surface area contributed by atoms with Crippen LogP contribution in [0.15, 0.2) is 83.1 Å². The number of nitrogens with zero attached hydrogens (tertiary/aromatic N) is 2. The predicted octanol–water partition coefficient (Wildman–Crippen LogP) is 5.37. The molecule has 0 aliphatic heterocycles. The van der Waals surface area contributed by atoms with Gasteiger partial charge in [0.25, 0.3) is 0 Å². The normalized spacial score (nSPS) is 19.9. The number of imidazole rings is 1. The van der Waals surface area contributed by atoms with E-state index in [9.17, 15) is 14.7 Å². The number of Topliss-reactive ketones (excluding diaryl/α,β-unsaturated/α-hetero) is 1. The van der Waals surface area contributed by atoms with Gasteiger partial charge in [-0.15, -0.1) is 0 Å². The van der Waals surface area contributed by atoms with Gasteiger partial charge in [-0.1, -0.05) is 43.3 Å². The van der Waals surface area contributed by atoms with Crippen molar-refractivity contribution in [3.8, 4) is 5.75 Å². The zero-order valence-corrected chi connectivity index (χ0v) is 22.1. The molecule has 0 spiro atoms. The fourth-order valence-corrected chi connectivity index (χ4v) is 5.79. The molecule has 0 radical (unpaired) electrons. The molecule has 1 N–H and O–H groups in total. The number of carbonyl (C=O) groups excluding carboxylic acids is 2. The molecule has 3 aromatic rings. The summed E-state index contributed by atoms with van der Waals surface area (Å²) in [5.74, 6) is -0.368. The highest BCUT2D eigenvalue weighted by atomic mass is 32.2. The molecular formula is C29H32N2O5S. The minimum atomic E-state index is -1.03. The van der Waals surface area contributed by atoms with Gasteiger partial charge >= 0.3 is 5.97 Å². The molecule has 0 fully saturated rings. The monoisotopic (exact) mass is 520 g/mol. The van der Waals surface area contributed by atoms with Crippen LogP contribution in [0.2, 0.25) is 0 Å². The minimum Gasteiger partial charge on any atom is -0.494 e. The fourth-order valence-electron chi connectivity index (χ4n) is 4.71. The number of unbranched alkanes of at least 4 members (excludes halogenated alkanes) is 1. The first-order valence-corrected chi connectivity index (χ1v) is 13.1. The molecule has 4 rings (SSSR count). The number of ketones is 1.